The largest absolute Gasteiger partial charge is 0.493 e. The second-order valence-corrected chi connectivity index (χ2v) is 8.21. The number of para-hydroxylation sites is 3. The van der Waals surface area contributed by atoms with Crippen LogP contribution >= 0.6 is 11.3 Å². The smallest absolute Gasteiger partial charge is 0.262 e. The summed E-state index contributed by atoms with van der Waals surface area (Å²) >= 11 is 1.42. The predicted octanol–water partition coefficient (Wildman–Crippen LogP) is 5.84. The first-order chi connectivity index (χ1) is 15.6. The van der Waals surface area contributed by atoms with Crippen LogP contribution in [0, 0.1) is 6.92 Å². The molecule has 3 aromatic carbocycles. The number of methoxy groups -OCH3 is 1. The molecule has 0 unspecified atom stereocenters. The number of hydrogen-bond acceptors (Lipinski definition) is 6. The van der Waals surface area contributed by atoms with Gasteiger partial charge >= 0.3 is 0 Å². The Kier molecular flexibility index (Phi) is 5.17. The molecule has 5 aromatic rings. The van der Waals surface area contributed by atoms with E-state index >= 15 is 0 Å². The lowest BCUT2D eigenvalue weighted by Gasteiger charge is -2.08. The Morgan fingerprint density at radius 3 is 2.69 bits per heavy atom. The van der Waals surface area contributed by atoms with E-state index in [1.165, 1.54) is 11.3 Å². The molecule has 0 aliphatic carbocycles. The van der Waals surface area contributed by atoms with E-state index in [4.69, 9.17) is 9.15 Å². The zero-order chi connectivity index (χ0) is 22.1. The van der Waals surface area contributed by atoms with Crippen LogP contribution in [0.25, 0.3) is 21.2 Å². The maximum atomic E-state index is 13.3. The second-order valence-electron chi connectivity index (χ2n) is 7.18. The molecule has 0 spiro atoms. The fourth-order valence-corrected chi connectivity index (χ4v) is 4.28. The molecule has 7 heteroatoms. The van der Waals surface area contributed by atoms with E-state index in [2.05, 4.69) is 15.3 Å². The van der Waals surface area contributed by atoms with Crippen LogP contribution < -0.4 is 15.6 Å². The molecule has 0 bridgehead atoms. The summed E-state index contributed by atoms with van der Waals surface area (Å²) in [6, 6.07) is 22.7. The Bertz CT molecular complexity index is 1500. The van der Waals surface area contributed by atoms with Crippen molar-refractivity contribution >= 4 is 49.2 Å². The molecule has 0 fully saturated rings. The lowest BCUT2D eigenvalue weighted by molar-refractivity contribution is 0.102. The van der Waals surface area contributed by atoms with Gasteiger partial charge in [0.1, 0.15) is 5.56 Å². The summed E-state index contributed by atoms with van der Waals surface area (Å²) in [5, 5.41) is 4.15. The van der Waals surface area contributed by atoms with Crippen molar-refractivity contribution in [3.05, 3.63) is 89.5 Å². The summed E-state index contributed by atoms with van der Waals surface area (Å²) in [5.41, 5.74) is 3.58. The Labute approximate surface area is 187 Å². The molecule has 2 aromatic heterocycles. The minimum absolute atomic E-state index is 0.204. The molecule has 0 aliphatic rings. The minimum Gasteiger partial charge on any atom is -0.493 e. The molecule has 0 aliphatic heterocycles. The number of carbonyl (C=O) groups is 1. The summed E-state index contributed by atoms with van der Waals surface area (Å²) in [5.74, 6) is 0.228. The second kappa shape index (κ2) is 8.28. The molecule has 1 amide bonds. The zero-order valence-corrected chi connectivity index (χ0v) is 18.3. The van der Waals surface area contributed by atoms with Gasteiger partial charge in [0.25, 0.3) is 5.91 Å². The third-order valence-corrected chi connectivity index (χ3v) is 6.01. The first kappa shape index (κ1) is 20.0. The van der Waals surface area contributed by atoms with Crippen molar-refractivity contribution in [1.29, 1.82) is 0 Å². The number of amides is 1. The molecular weight excluding hydrogens is 422 g/mol. The van der Waals surface area contributed by atoms with E-state index in [9.17, 15) is 4.79 Å². The van der Waals surface area contributed by atoms with Crippen LogP contribution in [-0.4, -0.2) is 18.0 Å². The van der Waals surface area contributed by atoms with Crippen LogP contribution in [0.3, 0.4) is 0 Å². The fourth-order valence-electron chi connectivity index (χ4n) is 3.42. The molecule has 0 saturated carbocycles. The number of fused-ring (bicyclic) bond motifs is 2. The van der Waals surface area contributed by atoms with Crippen molar-refractivity contribution in [2.45, 2.75) is 6.92 Å². The minimum atomic E-state index is -0.343. The Morgan fingerprint density at radius 2 is 1.88 bits per heavy atom. The van der Waals surface area contributed by atoms with Crippen LogP contribution in [0.4, 0.5) is 10.8 Å². The molecule has 2 heterocycles. The number of hydrogen-bond donors (Lipinski definition) is 1. The van der Waals surface area contributed by atoms with Gasteiger partial charge in [-0.15, -0.1) is 0 Å². The normalized spacial score (nSPS) is 11.8. The van der Waals surface area contributed by atoms with Crippen molar-refractivity contribution in [3.63, 3.8) is 0 Å². The summed E-state index contributed by atoms with van der Waals surface area (Å²) < 4.78 is 12.6. The maximum Gasteiger partial charge on any atom is 0.262 e. The highest BCUT2D eigenvalue weighted by Gasteiger charge is 2.17. The van der Waals surface area contributed by atoms with Crippen molar-refractivity contribution in [2.24, 2.45) is 4.99 Å². The van der Waals surface area contributed by atoms with E-state index in [1.807, 2.05) is 73.7 Å². The van der Waals surface area contributed by atoms with E-state index in [0.29, 0.717) is 22.0 Å². The van der Waals surface area contributed by atoms with Crippen LogP contribution in [0.1, 0.15) is 15.9 Å². The van der Waals surface area contributed by atoms with Crippen LogP contribution in [0.5, 0.6) is 5.75 Å². The zero-order valence-electron chi connectivity index (χ0n) is 17.5. The number of anilines is 1. The molecular formula is C25H19N3O3S. The van der Waals surface area contributed by atoms with Crippen molar-refractivity contribution < 1.29 is 13.9 Å². The van der Waals surface area contributed by atoms with Gasteiger partial charge in [0.15, 0.2) is 16.5 Å². The Morgan fingerprint density at radius 1 is 1.06 bits per heavy atom. The van der Waals surface area contributed by atoms with Gasteiger partial charge in [-0.2, -0.15) is 0 Å². The van der Waals surface area contributed by atoms with Gasteiger partial charge < -0.3 is 9.15 Å². The standard InChI is InChI=1S/C25H19N3O3S/c1-15-8-3-4-10-18(15)26-24-17(14-16-9-7-12-20(30-2)22(16)31-24)23(29)28-25-27-19-11-5-6-13-21(19)32-25/h3-14H,1-2H3,(H,27,28,29). The first-order valence-electron chi connectivity index (χ1n) is 10.0. The summed E-state index contributed by atoms with van der Waals surface area (Å²) in [4.78, 5) is 22.5. The highest BCUT2D eigenvalue weighted by Crippen LogP contribution is 2.27. The number of nitrogens with zero attached hydrogens (tertiary/aromatic N) is 2. The molecule has 0 saturated heterocycles. The van der Waals surface area contributed by atoms with E-state index in [0.717, 1.165) is 26.9 Å². The van der Waals surface area contributed by atoms with Gasteiger partial charge in [-0.05, 0) is 42.8 Å². The quantitative estimate of drug-likeness (QED) is 0.380. The topological polar surface area (TPSA) is 76.7 Å². The average Bonchev–Trinajstić information content (AvgIpc) is 3.22. The van der Waals surface area contributed by atoms with E-state index in [1.54, 1.807) is 13.2 Å². The summed E-state index contributed by atoms with van der Waals surface area (Å²) in [6.07, 6.45) is 0. The molecule has 6 nitrogen and oxygen atoms in total. The number of nitrogens with one attached hydrogen (secondary N) is 1. The van der Waals surface area contributed by atoms with Gasteiger partial charge in [0.2, 0.25) is 5.55 Å². The Hall–Kier alpha value is -3.97. The van der Waals surface area contributed by atoms with Crippen molar-refractivity contribution in [3.8, 4) is 5.75 Å². The number of carbonyl (C=O) groups excluding carboxylic acids is 1. The number of aryl methyl sites for hydroxylation is 1. The highest BCUT2D eigenvalue weighted by molar-refractivity contribution is 7.22. The monoisotopic (exact) mass is 441 g/mol. The highest BCUT2D eigenvalue weighted by atomic mass is 32.1. The van der Waals surface area contributed by atoms with Gasteiger partial charge in [-0.1, -0.05) is 53.8 Å². The lowest BCUT2D eigenvalue weighted by atomic mass is 10.1. The third-order valence-electron chi connectivity index (χ3n) is 5.05. The summed E-state index contributed by atoms with van der Waals surface area (Å²) in [6.45, 7) is 1.96. The first-order valence-corrected chi connectivity index (χ1v) is 10.8. The molecule has 158 valence electrons. The van der Waals surface area contributed by atoms with Crippen LogP contribution in [0.2, 0.25) is 0 Å². The number of rotatable bonds is 4. The number of ether oxygens (including phenoxy) is 1. The van der Waals surface area contributed by atoms with Gasteiger partial charge in [0.05, 0.1) is 23.0 Å². The molecule has 32 heavy (non-hydrogen) atoms. The lowest BCUT2D eigenvalue weighted by Crippen LogP contribution is -2.21. The number of aromatic nitrogens is 1. The van der Waals surface area contributed by atoms with Gasteiger partial charge in [0, 0.05) is 5.39 Å². The van der Waals surface area contributed by atoms with E-state index < -0.39 is 0 Å². The van der Waals surface area contributed by atoms with Crippen LogP contribution in [0.15, 0.2) is 82.2 Å². The Balaban J connectivity index is 1.66. The van der Waals surface area contributed by atoms with E-state index in [-0.39, 0.29) is 11.5 Å². The molecule has 0 atom stereocenters. The van der Waals surface area contributed by atoms with Crippen LogP contribution in [-0.2, 0) is 0 Å². The predicted molar refractivity (Wildman–Crippen MR) is 127 cm³/mol. The molecule has 5 rings (SSSR count). The van der Waals surface area contributed by atoms with Gasteiger partial charge in [-0.25, -0.2) is 9.98 Å². The third kappa shape index (κ3) is 3.74. The number of benzene rings is 3. The number of thiazole rings is 1. The average molecular weight is 442 g/mol. The molecule has 1 N–H and O–H groups in total. The van der Waals surface area contributed by atoms with Crippen molar-refractivity contribution in [1.82, 2.24) is 4.98 Å². The van der Waals surface area contributed by atoms with Gasteiger partial charge in [-0.3, -0.25) is 10.1 Å². The van der Waals surface area contributed by atoms with Crippen molar-refractivity contribution in [2.75, 3.05) is 12.4 Å². The molecule has 0 radical (unpaired) electrons. The fraction of sp³-hybridized carbons (Fsp3) is 0.0800. The summed E-state index contributed by atoms with van der Waals surface area (Å²) in [7, 11) is 1.58. The maximum absolute atomic E-state index is 13.3. The SMILES string of the molecule is COc1cccc2cc(C(=O)Nc3nc4ccccc4s3)c(=Nc3ccccc3C)oc12.